The number of hydrogen-bond donors (Lipinski definition) is 0. The van der Waals surface area contributed by atoms with Crippen molar-refractivity contribution in [3.63, 3.8) is 0 Å². The first-order valence-electron chi connectivity index (χ1n) is 6.19. The molecule has 0 aliphatic rings. The molecule has 0 spiro atoms. The van der Waals surface area contributed by atoms with Crippen LogP contribution in [0, 0.1) is 0 Å². The fourth-order valence-electron chi connectivity index (χ4n) is 1.65. The second-order valence-corrected chi connectivity index (χ2v) is 6.01. The van der Waals surface area contributed by atoms with Crippen LogP contribution in [0.1, 0.15) is 0 Å². The summed E-state index contributed by atoms with van der Waals surface area (Å²) >= 11 is 7.41. The normalized spacial score (nSPS) is 19.1. The van der Waals surface area contributed by atoms with Gasteiger partial charge in [0.15, 0.2) is 0 Å². The zero-order valence-corrected chi connectivity index (χ0v) is 14.7. The molecule has 0 rings (SSSR count). The Morgan fingerprint density at radius 2 is 1.00 bits per heavy atom. The van der Waals surface area contributed by atoms with Gasteiger partial charge < -0.3 is 4.74 Å². The second-order valence-electron chi connectivity index (χ2n) is 5.01. The summed E-state index contributed by atoms with van der Waals surface area (Å²) in [7, 11) is -0.277. The predicted octanol–water partition coefficient (Wildman–Crippen LogP) is 5.64. The Kier molecular flexibility index (Phi) is 7.27. The Labute approximate surface area is 164 Å². The van der Waals surface area contributed by atoms with Gasteiger partial charge in [-0.25, -0.2) is 9.18 Å². The lowest BCUT2D eigenvalue weighted by atomic mass is 9.88. The maximum atomic E-state index is 14.0. The summed E-state index contributed by atoms with van der Waals surface area (Å²) in [6.45, 7) is 0. The van der Waals surface area contributed by atoms with Crippen molar-refractivity contribution in [2.75, 3.05) is 7.11 Å². The van der Waals surface area contributed by atoms with Crippen LogP contribution in [0.2, 0.25) is 0 Å². The van der Waals surface area contributed by atoms with E-state index in [4.69, 9.17) is 0 Å². The molecule has 0 bridgehead atoms. The minimum Gasteiger partial charge on any atom is -0.465 e. The van der Waals surface area contributed by atoms with E-state index in [0.29, 0.717) is 0 Å². The molecule has 2 atom stereocenters. The molecule has 3 nitrogen and oxygen atoms in total. The number of ether oxygens (including phenoxy) is 2. The topological polar surface area (TPSA) is 35.5 Å². The summed E-state index contributed by atoms with van der Waals surface area (Å²) in [4.78, 5) is 10.9. The number of alkyl halides is 17. The van der Waals surface area contributed by atoms with E-state index in [-0.39, 0.29) is 7.11 Å². The van der Waals surface area contributed by atoms with E-state index >= 15 is 0 Å². The molecule has 2 unspecified atom stereocenters. The quantitative estimate of drug-likeness (QED) is 0.255. The fourth-order valence-corrected chi connectivity index (χ4v) is 1.90. The molecule has 0 heterocycles. The number of hydrogen-bond acceptors (Lipinski definition) is 3. The highest BCUT2D eigenvalue weighted by molar-refractivity contribution is 6.33. The summed E-state index contributed by atoms with van der Waals surface area (Å²) in [5, 5.41) is -13.6. The Morgan fingerprint density at radius 1 is 0.667 bits per heavy atom. The molecule has 0 aromatic carbocycles. The van der Waals surface area contributed by atoms with Gasteiger partial charge in [-0.3, -0.25) is 4.74 Å². The van der Waals surface area contributed by atoms with Gasteiger partial charge in [-0.15, -0.1) is 0 Å². The molecule has 0 saturated carbocycles. The third kappa shape index (κ3) is 4.05. The van der Waals surface area contributed by atoms with Crippen molar-refractivity contribution in [1.82, 2.24) is 0 Å². The van der Waals surface area contributed by atoms with E-state index in [1.165, 1.54) is 0 Å². The second kappa shape index (κ2) is 7.53. The molecule has 0 fully saturated rings. The standard InChI is InChI=1S/C10H3Cl2F15O3/c1-29-2(28)3(13,8(19,20)21)30-4(9(22,23)24,10(25,26)27)6(15,16)5(11,14)7(12,17)18/h1H3. The van der Waals surface area contributed by atoms with Crippen molar-refractivity contribution in [1.29, 1.82) is 0 Å². The van der Waals surface area contributed by atoms with Crippen LogP contribution in [0.4, 0.5) is 65.9 Å². The maximum Gasteiger partial charge on any atom is 0.460 e. The monoisotopic (exact) mass is 526 g/mol. The van der Waals surface area contributed by atoms with E-state index in [1.807, 2.05) is 4.74 Å². The predicted molar refractivity (Wildman–Crippen MR) is 63.3 cm³/mol. The lowest BCUT2D eigenvalue weighted by Crippen LogP contribution is -2.78. The third-order valence-electron chi connectivity index (χ3n) is 3.10. The number of carbonyl (C=O) groups excluding carboxylic acids is 1. The Bertz CT molecular complexity index is 633. The molecule has 0 radical (unpaired) electrons. The van der Waals surface area contributed by atoms with Crippen LogP contribution in [0.3, 0.4) is 0 Å². The average molecular weight is 527 g/mol. The first-order valence-corrected chi connectivity index (χ1v) is 6.94. The average Bonchev–Trinajstić information content (AvgIpc) is 2.45. The van der Waals surface area contributed by atoms with Gasteiger partial charge in [0, 0.05) is 0 Å². The fraction of sp³-hybridized carbons (Fsp3) is 0.900. The number of esters is 1. The highest BCUT2D eigenvalue weighted by Gasteiger charge is 2.94. The molecule has 0 aromatic rings. The van der Waals surface area contributed by atoms with Gasteiger partial charge in [0.2, 0.25) is 0 Å². The van der Waals surface area contributed by atoms with Crippen molar-refractivity contribution in [3.8, 4) is 0 Å². The smallest absolute Gasteiger partial charge is 0.460 e. The zero-order valence-electron chi connectivity index (χ0n) is 13.2. The molecule has 180 valence electrons. The molecule has 30 heavy (non-hydrogen) atoms. The first-order chi connectivity index (χ1) is 12.7. The largest absolute Gasteiger partial charge is 0.465 e. The van der Waals surface area contributed by atoms with E-state index in [2.05, 4.69) is 27.9 Å². The molecule has 0 amide bonds. The summed E-state index contributed by atoms with van der Waals surface area (Å²) in [6.07, 6.45) is -23.5. The number of rotatable bonds is 6. The Hall–Kier alpha value is -1.04. The van der Waals surface area contributed by atoms with Crippen LogP contribution in [0.25, 0.3) is 0 Å². The van der Waals surface area contributed by atoms with Crippen LogP contribution in [-0.4, -0.2) is 59.5 Å². The van der Waals surface area contributed by atoms with E-state index in [1.54, 1.807) is 0 Å². The molecule has 20 heteroatoms. The minimum absolute atomic E-state index is 0.277. The van der Waals surface area contributed by atoms with E-state index in [0.717, 1.165) is 0 Å². The highest BCUT2D eigenvalue weighted by atomic mass is 35.5. The SMILES string of the molecule is COC(=O)C(F)(OC(C(F)(F)F)(C(F)(F)F)C(F)(F)C(F)(Cl)C(F)(F)Cl)C(F)(F)F. The zero-order chi connectivity index (χ0) is 25.0. The van der Waals surface area contributed by atoms with Crippen molar-refractivity contribution in [3.05, 3.63) is 0 Å². The number of methoxy groups -OCH3 is 1. The van der Waals surface area contributed by atoms with Crippen LogP contribution in [-0.2, 0) is 14.3 Å². The lowest BCUT2D eigenvalue weighted by molar-refractivity contribution is -0.491. The van der Waals surface area contributed by atoms with Gasteiger partial charge in [-0.2, -0.15) is 61.5 Å². The van der Waals surface area contributed by atoms with Crippen LogP contribution in [0.15, 0.2) is 0 Å². The Balaban J connectivity index is 7.55. The molecular formula is C10H3Cl2F15O3. The van der Waals surface area contributed by atoms with E-state index < -0.39 is 52.4 Å². The molecule has 0 N–H and O–H groups in total. The van der Waals surface area contributed by atoms with Gasteiger partial charge in [0.05, 0.1) is 7.11 Å². The molecular weight excluding hydrogens is 524 g/mol. The summed E-state index contributed by atoms with van der Waals surface area (Å²) in [6, 6.07) is 0. The first kappa shape index (κ1) is 29.0. The van der Waals surface area contributed by atoms with Gasteiger partial charge >= 0.3 is 52.4 Å². The van der Waals surface area contributed by atoms with Crippen LogP contribution < -0.4 is 0 Å². The van der Waals surface area contributed by atoms with Gasteiger partial charge in [0.1, 0.15) is 0 Å². The number of halogens is 17. The third-order valence-corrected chi connectivity index (χ3v) is 3.93. The van der Waals surface area contributed by atoms with Crippen molar-refractivity contribution in [2.45, 2.75) is 46.4 Å². The van der Waals surface area contributed by atoms with E-state index in [9.17, 15) is 70.7 Å². The van der Waals surface area contributed by atoms with Crippen molar-refractivity contribution >= 4 is 29.2 Å². The maximum absolute atomic E-state index is 14.0. The lowest BCUT2D eigenvalue weighted by Gasteiger charge is -2.47. The molecule has 0 aromatic heterocycles. The molecule has 0 saturated heterocycles. The van der Waals surface area contributed by atoms with Gasteiger partial charge in [-0.1, -0.05) is 11.6 Å². The van der Waals surface area contributed by atoms with Gasteiger partial charge in [0.25, 0.3) is 0 Å². The van der Waals surface area contributed by atoms with Crippen LogP contribution in [0.5, 0.6) is 0 Å². The summed E-state index contributed by atoms with van der Waals surface area (Å²) in [5.74, 6) is -19.0. The molecule has 0 aliphatic carbocycles. The number of carbonyl (C=O) groups is 1. The van der Waals surface area contributed by atoms with Crippen molar-refractivity contribution < 1.29 is 80.1 Å². The summed E-state index contributed by atoms with van der Waals surface area (Å²) < 4.78 is 202. The minimum atomic E-state index is -8.17. The highest BCUT2D eigenvalue weighted by Crippen LogP contribution is 2.64. The Morgan fingerprint density at radius 3 is 1.20 bits per heavy atom. The van der Waals surface area contributed by atoms with Gasteiger partial charge in [-0.05, 0) is 11.6 Å². The van der Waals surface area contributed by atoms with Crippen LogP contribution >= 0.6 is 23.2 Å². The molecule has 0 aliphatic heterocycles. The summed E-state index contributed by atoms with van der Waals surface area (Å²) in [5.41, 5.74) is -8.17. The van der Waals surface area contributed by atoms with Crippen molar-refractivity contribution in [2.24, 2.45) is 0 Å².